The van der Waals surface area contributed by atoms with Crippen molar-refractivity contribution < 1.29 is 4.79 Å². The molecule has 3 N–H and O–H groups in total. The van der Waals surface area contributed by atoms with E-state index >= 15 is 0 Å². The number of nitrogens with zero attached hydrogens (tertiary/aromatic N) is 1. The van der Waals surface area contributed by atoms with E-state index in [9.17, 15) is 4.79 Å². The number of amides is 1. The van der Waals surface area contributed by atoms with Crippen LogP contribution < -0.4 is 11.1 Å². The molecule has 110 valence electrons. The minimum Gasteiger partial charge on any atom is -0.348 e. The first-order valence-corrected chi connectivity index (χ1v) is 7.79. The van der Waals surface area contributed by atoms with Gasteiger partial charge in [0.15, 0.2) is 0 Å². The fourth-order valence-corrected chi connectivity index (χ4v) is 2.69. The third kappa shape index (κ3) is 4.97. The number of thiophene rings is 1. The van der Waals surface area contributed by atoms with E-state index in [4.69, 9.17) is 5.73 Å². The van der Waals surface area contributed by atoms with Crippen LogP contribution in [0, 0.1) is 11.8 Å². The van der Waals surface area contributed by atoms with E-state index in [0.717, 1.165) is 25.2 Å². The van der Waals surface area contributed by atoms with Crippen LogP contribution in [0.5, 0.6) is 0 Å². The zero-order chi connectivity index (χ0) is 15.0. The highest BCUT2D eigenvalue weighted by Gasteiger charge is 2.15. The van der Waals surface area contributed by atoms with Gasteiger partial charge in [-0.2, -0.15) is 0 Å². The van der Waals surface area contributed by atoms with E-state index in [1.807, 2.05) is 18.4 Å². The molecule has 0 spiro atoms. The van der Waals surface area contributed by atoms with Gasteiger partial charge < -0.3 is 16.0 Å². The van der Waals surface area contributed by atoms with Crippen LogP contribution in [0.2, 0.25) is 0 Å². The summed E-state index contributed by atoms with van der Waals surface area (Å²) in [6, 6.07) is 1.97. The van der Waals surface area contributed by atoms with Crippen molar-refractivity contribution in [3.63, 3.8) is 0 Å². The Morgan fingerprint density at radius 3 is 2.80 bits per heavy atom. The number of carbonyl (C=O) groups is 1. The second-order valence-electron chi connectivity index (χ2n) is 4.53. The molecule has 1 aromatic heterocycles. The van der Waals surface area contributed by atoms with Crippen LogP contribution in [0.4, 0.5) is 0 Å². The average molecular weight is 293 g/mol. The second-order valence-corrected chi connectivity index (χ2v) is 5.45. The molecule has 1 unspecified atom stereocenters. The molecule has 0 saturated carbocycles. The maximum Gasteiger partial charge on any atom is 0.262 e. The number of hydrogen-bond acceptors (Lipinski definition) is 4. The normalized spacial score (nSPS) is 11.8. The van der Waals surface area contributed by atoms with Crippen molar-refractivity contribution in [1.82, 2.24) is 10.2 Å². The molecule has 0 aliphatic heterocycles. The Labute approximate surface area is 125 Å². The molecule has 20 heavy (non-hydrogen) atoms. The summed E-state index contributed by atoms with van der Waals surface area (Å²) in [5.74, 6) is 5.67. The largest absolute Gasteiger partial charge is 0.348 e. The van der Waals surface area contributed by atoms with Gasteiger partial charge in [0.2, 0.25) is 0 Å². The maximum atomic E-state index is 12.2. The average Bonchev–Trinajstić information content (AvgIpc) is 2.90. The van der Waals surface area contributed by atoms with Crippen molar-refractivity contribution in [3.05, 3.63) is 21.9 Å². The SMILES string of the molecule is CCN(CC)CC(C)NC(=O)c1sccc1C#CCN. The van der Waals surface area contributed by atoms with Gasteiger partial charge in [-0.05, 0) is 31.5 Å². The summed E-state index contributed by atoms with van der Waals surface area (Å²) in [6.45, 7) is 9.40. The molecule has 0 aromatic carbocycles. The smallest absolute Gasteiger partial charge is 0.262 e. The Kier molecular flexibility index (Phi) is 7.31. The van der Waals surface area contributed by atoms with E-state index < -0.39 is 0 Å². The molecule has 1 amide bonds. The Morgan fingerprint density at radius 2 is 2.20 bits per heavy atom. The van der Waals surface area contributed by atoms with Crippen molar-refractivity contribution >= 4 is 17.2 Å². The van der Waals surface area contributed by atoms with Gasteiger partial charge in [-0.3, -0.25) is 4.79 Å². The summed E-state index contributed by atoms with van der Waals surface area (Å²) < 4.78 is 0. The molecule has 0 fully saturated rings. The Bertz CT molecular complexity index is 483. The van der Waals surface area contributed by atoms with E-state index in [1.165, 1.54) is 11.3 Å². The highest BCUT2D eigenvalue weighted by atomic mass is 32.1. The zero-order valence-electron chi connectivity index (χ0n) is 12.4. The lowest BCUT2D eigenvalue weighted by Gasteiger charge is -2.23. The number of carbonyl (C=O) groups excluding carboxylic acids is 1. The number of likely N-dealkylation sites (N-methyl/N-ethyl adjacent to an activating group) is 1. The molecule has 0 aliphatic carbocycles. The number of nitrogens with two attached hydrogens (primary N) is 1. The van der Waals surface area contributed by atoms with Gasteiger partial charge in [-0.15, -0.1) is 11.3 Å². The molecule has 1 heterocycles. The van der Waals surface area contributed by atoms with Crippen LogP contribution in [0.25, 0.3) is 0 Å². The van der Waals surface area contributed by atoms with Gasteiger partial charge in [0.1, 0.15) is 4.88 Å². The monoisotopic (exact) mass is 293 g/mol. The lowest BCUT2D eigenvalue weighted by atomic mass is 10.2. The highest BCUT2D eigenvalue weighted by Crippen LogP contribution is 2.15. The molecule has 0 saturated heterocycles. The minimum absolute atomic E-state index is 0.0547. The molecule has 1 rings (SSSR count). The first-order valence-electron chi connectivity index (χ1n) is 6.91. The Balaban J connectivity index is 2.65. The van der Waals surface area contributed by atoms with Crippen molar-refractivity contribution in [2.75, 3.05) is 26.2 Å². The van der Waals surface area contributed by atoms with Gasteiger partial charge in [0.25, 0.3) is 5.91 Å². The molecule has 5 heteroatoms. The molecule has 0 bridgehead atoms. The van der Waals surface area contributed by atoms with Crippen LogP contribution >= 0.6 is 11.3 Å². The van der Waals surface area contributed by atoms with Crippen molar-refractivity contribution in [3.8, 4) is 11.8 Å². The number of hydrogen-bond donors (Lipinski definition) is 2. The molecule has 1 aromatic rings. The van der Waals surface area contributed by atoms with E-state index in [-0.39, 0.29) is 11.9 Å². The van der Waals surface area contributed by atoms with E-state index in [2.05, 4.69) is 35.9 Å². The summed E-state index contributed by atoms with van der Waals surface area (Å²) in [5.41, 5.74) is 6.12. The number of rotatable bonds is 6. The van der Waals surface area contributed by atoms with Crippen LogP contribution in [0.15, 0.2) is 11.4 Å². The lowest BCUT2D eigenvalue weighted by Crippen LogP contribution is -2.41. The topological polar surface area (TPSA) is 58.4 Å². The minimum atomic E-state index is -0.0547. The third-order valence-electron chi connectivity index (χ3n) is 3.00. The van der Waals surface area contributed by atoms with Crippen LogP contribution in [-0.4, -0.2) is 43.0 Å². The molecule has 0 aliphatic rings. The van der Waals surface area contributed by atoms with E-state index in [0.29, 0.717) is 11.4 Å². The fourth-order valence-electron chi connectivity index (χ4n) is 1.93. The van der Waals surface area contributed by atoms with Crippen molar-refractivity contribution in [1.29, 1.82) is 0 Å². The van der Waals surface area contributed by atoms with Gasteiger partial charge >= 0.3 is 0 Å². The Morgan fingerprint density at radius 1 is 1.50 bits per heavy atom. The van der Waals surface area contributed by atoms with Crippen LogP contribution in [0.1, 0.15) is 36.0 Å². The highest BCUT2D eigenvalue weighted by molar-refractivity contribution is 7.12. The third-order valence-corrected chi connectivity index (χ3v) is 3.91. The first-order chi connectivity index (χ1) is 9.62. The van der Waals surface area contributed by atoms with Crippen LogP contribution in [0.3, 0.4) is 0 Å². The van der Waals surface area contributed by atoms with Gasteiger partial charge in [0.05, 0.1) is 6.54 Å². The first kappa shape index (κ1) is 16.7. The number of nitrogens with one attached hydrogen (secondary N) is 1. The van der Waals surface area contributed by atoms with Crippen LogP contribution in [-0.2, 0) is 0 Å². The van der Waals surface area contributed by atoms with Gasteiger partial charge in [-0.25, -0.2) is 0 Å². The maximum absolute atomic E-state index is 12.2. The summed E-state index contributed by atoms with van der Waals surface area (Å²) in [4.78, 5) is 15.2. The standard InChI is InChI=1S/C15H23N3OS/c1-4-18(5-2)11-12(3)17-15(19)14-13(7-6-9-16)8-10-20-14/h8,10,12H,4-5,9,11,16H2,1-3H3,(H,17,19). The molecular formula is C15H23N3OS. The summed E-state index contributed by atoms with van der Waals surface area (Å²) >= 11 is 1.41. The molecule has 1 atom stereocenters. The predicted molar refractivity (Wildman–Crippen MR) is 85.0 cm³/mol. The quantitative estimate of drug-likeness (QED) is 0.782. The second kappa shape index (κ2) is 8.75. The summed E-state index contributed by atoms with van der Waals surface area (Å²) in [5, 5.41) is 4.91. The predicted octanol–water partition coefficient (Wildman–Crippen LogP) is 1.52. The van der Waals surface area contributed by atoms with E-state index in [1.54, 1.807) is 0 Å². The Hall–Kier alpha value is -1.35. The fraction of sp³-hybridized carbons (Fsp3) is 0.533. The summed E-state index contributed by atoms with van der Waals surface area (Å²) in [7, 11) is 0. The van der Waals surface area contributed by atoms with Gasteiger partial charge in [0, 0.05) is 18.2 Å². The van der Waals surface area contributed by atoms with Crippen molar-refractivity contribution in [2.24, 2.45) is 5.73 Å². The lowest BCUT2D eigenvalue weighted by molar-refractivity contribution is 0.0934. The molecule has 0 radical (unpaired) electrons. The summed E-state index contributed by atoms with van der Waals surface area (Å²) in [6.07, 6.45) is 0. The van der Waals surface area contributed by atoms with Crippen molar-refractivity contribution in [2.45, 2.75) is 26.8 Å². The van der Waals surface area contributed by atoms with Gasteiger partial charge in [-0.1, -0.05) is 25.7 Å². The molecule has 4 nitrogen and oxygen atoms in total. The molecular weight excluding hydrogens is 270 g/mol. The zero-order valence-corrected chi connectivity index (χ0v) is 13.2.